The fourth-order valence-corrected chi connectivity index (χ4v) is 0.663. The quantitative estimate of drug-likeness (QED) is 0.427. The van der Waals surface area contributed by atoms with Crippen LogP contribution in [0.4, 0.5) is 0 Å². The molecule has 0 aromatic heterocycles. The Hall–Kier alpha value is -1.14. The first kappa shape index (κ1) is 12.9. The number of aliphatic hydroxyl groups is 1. The monoisotopic (exact) mass is 206 g/mol. The minimum atomic E-state index is -1.70. The number of hydrogen-bond acceptors (Lipinski definition) is 5. The van der Waals surface area contributed by atoms with Crippen molar-refractivity contribution in [3.05, 3.63) is 0 Å². The predicted molar refractivity (Wildman–Crippen MR) is 45.7 cm³/mol. The van der Waals surface area contributed by atoms with E-state index in [0.29, 0.717) is 6.61 Å². The molecule has 0 radical (unpaired) electrons. The van der Waals surface area contributed by atoms with Crippen LogP contribution in [-0.4, -0.2) is 48.1 Å². The lowest BCUT2D eigenvalue weighted by molar-refractivity contribution is -0.156. The maximum Gasteiger partial charge on any atom is 0.333 e. The molecule has 6 heteroatoms. The molecule has 1 atom stereocenters. The molecule has 0 amide bonds. The van der Waals surface area contributed by atoms with Crippen molar-refractivity contribution >= 4 is 11.9 Å². The fourth-order valence-electron chi connectivity index (χ4n) is 0.663. The van der Waals surface area contributed by atoms with Crippen molar-refractivity contribution in [2.24, 2.45) is 0 Å². The fraction of sp³-hybridized carbons (Fsp3) is 0.750. The molecule has 0 saturated carbocycles. The van der Waals surface area contributed by atoms with Gasteiger partial charge in [0.25, 0.3) is 0 Å². The van der Waals surface area contributed by atoms with E-state index in [4.69, 9.17) is 14.9 Å². The van der Waals surface area contributed by atoms with Crippen molar-refractivity contribution < 1.29 is 29.3 Å². The van der Waals surface area contributed by atoms with E-state index in [1.54, 1.807) is 6.92 Å². The summed E-state index contributed by atoms with van der Waals surface area (Å²) in [5.74, 6) is -2.19. The molecule has 0 heterocycles. The van der Waals surface area contributed by atoms with E-state index in [2.05, 4.69) is 4.74 Å². The van der Waals surface area contributed by atoms with Gasteiger partial charge in [-0.05, 0) is 6.92 Å². The average Bonchev–Trinajstić information content (AvgIpc) is 2.12. The smallest absolute Gasteiger partial charge is 0.333 e. The van der Waals surface area contributed by atoms with Gasteiger partial charge in [0, 0.05) is 6.61 Å². The molecular weight excluding hydrogens is 192 g/mol. The van der Waals surface area contributed by atoms with E-state index in [1.165, 1.54) is 0 Å². The molecule has 2 N–H and O–H groups in total. The lowest BCUT2D eigenvalue weighted by Gasteiger charge is -2.06. The summed E-state index contributed by atoms with van der Waals surface area (Å²) < 4.78 is 9.46. The molecule has 1 unspecified atom stereocenters. The Morgan fingerprint density at radius 3 is 2.50 bits per heavy atom. The van der Waals surface area contributed by atoms with E-state index in [0.717, 1.165) is 0 Å². The molecule has 0 aliphatic heterocycles. The van der Waals surface area contributed by atoms with Crippen LogP contribution in [0.5, 0.6) is 0 Å². The Morgan fingerprint density at radius 2 is 2.00 bits per heavy atom. The Bertz CT molecular complexity index is 190. The Morgan fingerprint density at radius 1 is 1.36 bits per heavy atom. The summed E-state index contributed by atoms with van der Waals surface area (Å²) in [5.41, 5.74) is 0. The van der Waals surface area contributed by atoms with Crippen LogP contribution in [0.15, 0.2) is 0 Å². The van der Waals surface area contributed by atoms with Gasteiger partial charge >= 0.3 is 11.9 Å². The van der Waals surface area contributed by atoms with Gasteiger partial charge in [-0.25, -0.2) is 4.79 Å². The number of aliphatic hydroxyl groups excluding tert-OH is 1. The molecule has 0 saturated heterocycles. The van der Waals surface area contributed by atoms with E-state index >= 15 is 0 Å². The second-order valence-corrected chi connectivity index (χ2v) is 2.48. The molecule has 0 aliphatic rings. The highest BCUT2D eigenvalue weighted by Gasteiger charge is 2.18. The standard InChI is InChI=1S/C8H14O6/c1-2-13-3-4-14-7(10)5-6(9)8(11)12/h6,9H,2-5H2,1H3,(H,11,12). The zero-order valence-electron chi connectivity index (χ0n) is 7.93. The molecule has 14 heavy (non-hydrogen) atoms. The molecule has 6 nitrogen and oxygen atoms in total. The summed E-state index contributed by atoms with van der Waals surface area (Å²) >= 11 is 0. The first-order valence-electron chi connectivity index (χ1n) is 4.22. The maximum atomic E-state index is 10.8. The summed E-state index contributed by atoms with van der Waals surface area (Å²) in [7, 11) is 0. The van der Waals surface area contributed by atoms with Crippen molar-refractivity contribution in [3.8, 4) is 0 Å². The van der Waals surface area contributed by atoms with Crippen LogP contribution in [0.25, 0.3) is 0 Å². The van der Waals surface area contributed by atoms with Gasteiger partial charge < -0.3 is 19.7 Å². The molecule has 0 bridgehead atoms. The first-order valence-corrected chi connectivity index (χ1v) is 4.22. The Kier molecular flexibility index (Phi) is 6.69. The number of hydrogen-bond donors (Lipinski definition) is 2. The van der Waals surface area contributed by atoms with Gasteiger partial charge in [0.1, 0.15) is 6.61 Å². The van der Waals surface area contributed by atoms with Crippen molar-refractivity contribution in [1.29, 1.82) is 0 Å². The Balaban J connectivity index is 3.50. The second-order valence-electron chi connectivity index (χ2n) is 2.48. The van der Waals surface area contributed by atoms with Gasteiger partial charge in [0.15, 0.2) is 6.10 Å². The van der Waals surface area contributed by atoms with Crippen LogP contribution < -0.4 is 0 Å². The van der Waals surface area contributed by atoms with Crippen LogP contribution in [0.3, 0.4) is 0 Å². The van der Waals surface area contributed by atoms with Gasteiger partial charge in [-0.15, -0.1) is 0 Å². The minimum Gasteiger partial charge on any atom is -0.479 e. The van der Waals surface area contributed by atoms with E-state index < -0.39 is 24.5 Å². The number of esters is 1. The third kappa shape index (κ3) is 6.38. The second kappa shape index (κ2) is 7.28. The van der Waals surface area contributed by atoms with Crippen molar-refractivity contribution in [2.75, 3.05) is 19.8 Å². The summed E-state index contributed by atoms with van der Waals surface area (Å²) in [4.78, 5) is 20.9. The van der Waals surface area contributed by atoms with Crippen LogP contribution in [0.1, 0.15) is 13.3 Å². The highest BCUT2D eigenvalue weighted by atomic mass is 16.6. The molecule has 0 aromatic rings. The van der Waals surface area contributed by atoms with Crippen molar-refractivity contribution in [2.45, 2.75) is 19.4 Å². The van der Waals surface area contributed by atoms with Crippen LogP contribution in [-0.2, 0) is 19.1 Å². The molecule has 0 fully saturated rings. The van der Waals surface area contributed by atoms with Crippen LogP contribution >= 0.6 is 0 Å². The first-order chi connectivity index (χ1) is 6.57. The number of carboxylic acid groups (broad SMARTS) is 1. The summed E-state index contributed by atoms with van der Waals surface area (Å²) in [6.45, 7) is 2.66. The molecule has 0 spiro atoms. The lowest BCUT2D eigenvalue weighted by atomic mass is 10.2. The zero-order valence-corrected chi connectivity index (χ0v) is 7.93. The SMILES string of the molecule is CCOCCOC(=O)CC(O)C(=O)O. The van der Waals surface area contributed by atoms with Crippen molar-refractivity contribution in [1.82, 2.24) is 0 Å². The summed E-state index contributed by atoms with van der Waals surface area (Å²) in [6.07, 6.45) is -2.24. The molecule has 0 aromatic carbocycles. The molecular formula is C8H14O6. The van der Waals surface area contributed by atoms with E-state index in [9.17, 15) is 9.59 Å². The van der Waals surface area contributed by atoms with Gasteiger partial charge in [-0.2, -0.15) is 0 Å². The van der Waals surface area contributed by atoms with Crippen LogP contribution in [0, 0.1) is 0 Å². The number of carbonyl (C=O) groups excluding carboxylic acids is 1. The third-order valence-electron chi connectivity index (χ3n) is 1.34. The number of rotatable bonds is 7. The summed E-state index contributed by atoms with van der Waals surface area (Å²) in [6, 6.07) is 0. The largest absolute Gasteiger partial charge is 0.479 e. The van der Waals surface area contributed by atoms with Crippen LogP contribution in [0.2, 0.25) is 0 Å². The van der Waals surface area contributed by atoms with Gasteiger partial charge in [0.05, 0.1) is 13.0 Å². The average molecular weight is 206 g/mol. The molecule has 0 rings (SSSR count). The van der Waals surface area contributed by atoms with Gasteiger partial charge in [-0.1, -0.05) is 0 Å². The predicted octanol–water partition coefficient (Wildman–Crippen LogP) is -0.598. The topological polar surface area (TPSA) is 93.1 Å². The van der Waals surface area contributed by atoms with E-state index in [-0.39, 0.29) is 13.2 Å². The van der Waals surface area contributed by atoms with Crippen molar-refractivity contribution in [3.63, 3.8) is 0 Å². The summed E-state index contributed by atoms with van der Waals surface area (Å²) in [5, 5.41) is 17.0. The maximum absolute atomic E-state index is 10.8. The van der Waals surface area contributed by atoms with Gasteiger partial charge in [-0.3, -0.25) is 4.79 Å². The van der Waals surface area contributed by atoms with Gasteiger partial charge in [0.2, 0.25) is 0 Å². The lowest BCUT2D eigenvalue weighted by Crippen LogP contribution is -2.24. The highest BCUT2D eigenvalue weighted by molar-refractivity contribution is 5.80. The number of ether oxygens (including phenoxy) is 2. The molecule has 0 aliphatic carbocycles. The number of aliphatic carboxylic acids is 1. The van der Waals surface area contributed by atoms with E-state index in [1.807, 2.05) is 0 Å². The normalized spacial score (nSPS) is 12.1. The third-order valence-corrected chi connectivity index (χ3v) is 1.34. The number of carbonyl (C=O) groups is 2. The molecule has 82 valence electrons. The Labute approximate surface area is 81.4 Å². The number of carboxylic acids is 1. The minimum absolute atomic E-state index is 0.0685. The highest BCUT2D eigenvalue weighted by Crippen LogP contribution is 1.94. The zero-order chi connectivity index (χ0) is 11.0.